The second kappa shape index (κ2) is 6.32. The van der Waals surface area contributed by atoms with Crippen LogP contribution in [0.4, 0.5) is 0 Å². The Balaban J connectivity index is 1.60. The van der Waals surface area contributed by atoms with Crippen molar-refractivity contribution in [3.8, 4) is 11.1 Å². The van der Waals surface area contributed by atoms with Crippen molar-refractivity contribution in [3.63, 3.8) is 0 Å². The Labute approximate surface area is 142 Å². The molecule has 1 amide bonds. The molecular weight excluding hydrogens is 294 g/mol. The van der Waals surface area contributed by atoms with Crippen LogP contribution in [-0.2, 0) is 13.0 Å². The monoisotopic (exact) mass is 313 g/mol. The van der Waals surface area contributed by atoms with E-state index in [0.29, 0.717) is 6.54 Å². The predicted molar refractivity (Wildman–Crippen MR) is 96.8 cm³/mol. The van der Waals surface area contributed by atoms with Crippen molar-refractivity contribution < 1.29 is 4.79 Å². The van der Waals surface area contributed by atoms with Gasteiger partial charge in [0.15, 0.2) is 0 Å². The Morgan fingerprint density at radius 1 is 0.792 bits per heavy atom. The van der Waals surface area contributed by atoms with E-state index < -0.39 is 0 Å². The molecule has 118 valence electrons. The molecule has 4 rings (SSSR count). The quantitative estimate of drug-likeness (QED) is 0.694. The van der Waals surface area contributed by atoms with Gasteiger partial charge in [-0.3, -0.25) is 4.79 Å². The molecule has 0 aromatic heterocycles. The van der Waals surface area contributed by atoms with Gasteiger partial charge in [0.1, 0.15) is 0 Å². The van der Waals surface area contributed by atoms with E-state index in [9.17, 15) is 4.79 Å². The maximum absolute atomic E-state index is 12.8. The van der Waals surface area contributed by atoms with Crippen LogP contribution >= 0.6 is 0 Å². The van der Waals surface area contributed by atoms with Crippen molar-refractivity contribution in [2.45, 2.75) is 13.0 Å². The minimum Gasteiger partial charge on any atom is -0.334 e. The van der Waals surface area contributed by atoms with Crippen LogP contribution < -0.4 is 0 Å². The van der Waals surface area contributed by atoms with Crippen molar-refractivity contribution in [2.24, 2.45) is 0 Å². The molecule has 3 aromatic rings. The molecule has 0 atom stereocenters. The first-order valence-electron chi connectivity index (χ1n) is 8.33. The van der Waals surface area contributed by atoms with E-state index >= 15 is 0 Å². The average molecular weight is 313 g/mol. The van der Waals surface area contributed by atoms with Crippen LogP contribution in [0.3, 0.4) is 0 Å². The second-order valence-electron chi connectivity index (χ2n) is 6.20. The van der Waals surface area contributed by atoms with E-state index in [1.165, 1.54) is 16.7 Å². The molecule has 3 aromatic carbocycles. The third-order valence-corrected chi connectivity index (χ3v) is 4.60. The molecule has 2 nitrogen and oxygen atoms in total. The van der Waals surface area contributed by atoms with Crippen molar-refractivity contribution in [3.05, 3.63) is 95.6 Å². The molecular formula is C22H19NO. The summed E-state index contributed by atoms with van der Waals surface area (Å²) in [6.07, 6.45) is 0.911. The van der Waals surface area contributed by atoms with Gasteiger partial charge in [-0.15, -0.1) is 0 Å². The molecule has 0 unspecified atom stereocenters. The maximum Gasteiger partial charge on any atom is 0.254 e. The lowest BCUT2D eigenvalue weighted by atomic mass is 9.94. The smallest absolute Gasteiger partial charge is 0.254 e. The molecule has 1 aliphatic rings. The molecule has 2 heteroatoms. The van der Waals surface area contributed by atoms with Gasteiger partial charge in [0, 0.05) is 18.7 Å². The maximum atomic E-state index is 12.8. The minimum atomic E-state index is 0.139. The summed E-state index contributed by atoms with van der Waals surface area (Å²) in [6.45, 7) is 1.46. The SMILES string of the molecule is O=C1c2ccc(-c3ccccc3)cc2CCN1Cc1ccccc1. The highest BCUT2D eigenvalue weighted by Gasteiger charge is 2.24. The van der Waals surface area contributed by atoms with E-state index in [4.69, 9.17) is 0 Å². The highest BCUT2D eigenvalue weighted by atomic mass is 16.2. The molecule has 1 heterocycles. The molecule has 0 fully saturated rings. The number of rotatable bonds is 3. The number of amides is 1. The van der Waals surface area contributed by atoms with Gasteiger partial charge in [0.2, 0.25) is 0 Å². The molecule has 0 radical (unpaired) electrons. The number of carbonyl (C=O) groups is 1. The Morgan fingerprint density at radius 3 is 2.25 bits per heavy atom. The van der Waals surface area contributed by atoms with Gasteiger partial charge in [-0.2, -0.15) is 0 Å². The fourth-order valence-electron chi connectivity index (χ4n) is 3.30. The summed E-state index contributed by atoms with van der Waals surface area (Å²) in [4.78, 5) is 14.7. The predicted octanol–water partition coefficient (Wildman–Crippen LogP) is 4.55. The first-order chi connectivity index (χ1) is 11.8. The Morgan fingerprint density at radius 2 is 1.50 bits per heavy atom. The van der Waals surface area contributed by atoms with Crippen molar-refractivity contribution in [1.29, 1.82) is 0 Å². The molecule has 1 aliphatic heterocycles. The number of nitrogens with zero attached hydrogens (tertiary/aromatic N) is 1. The third kappa shape index (κ3) is 2.83. The Bertz CT molecular complexity index is 856. The zero-order valence-corrected chi connectivity index (χ0v) is 13.5. The van der Waals surface area contributed by atoms with E-state index in [0.717, 1.165) is 24.1 Å². The summed E-state index contributed by atoms with van der Waals surface area (Å²) in [5.74, 6) is 0.139. The van der Waals surface area contributed by atoms with Crippen LogP contribution in [0.2, 0.25) is 0 Å². The van der Waals surface area contributed by atoms with Crippen LogP contribution in [0.1, 0.15) is 21.5 Å². The number of fused-ring (bicyclic) bond motifs is 1. The zero-order valence-electron chi connectivity index (χ0n) is 13.5. The van der Waals surface area contributed by atoms with E-state index in [2.05, 4.69) is 36.4 Å². The Hall–Kier alpha value is -2.87. The average Bonchev–Trinajstić information content (AvgIpc) is 2.65. The van der Waals surface area contributed by atoms with Crippen LogP contribution in [0, 0.1) is 0 Å². The number of hydrogen-bond donors (Lipinski definition) is 0. The molecule has 24 heavy (non-hydrogen) atoms. The first-order valence-corrected chi connectivity index (χ1v) is 8.33. The van der Waals surface area contributed by atoms with Gasteiger partial charge in [-0.1, -0.05) is 72.8 Å². The summed E-state index contributed by atoms with van der Waals surface area (Å²) < 4.78 is 0. The zero-order chi connectivity index (χ0) is 16.4. The molecule has 0 aliphatic carbocycles. The number of benzene rings is 3. The first kappa shape index (κ1) is 14.7. The number of hydrogen-bond acceptors (Lipinski definition) is 1. The Kier molecular flexibility index (Phi) is 3.87. The van der Waals surface area contributed by atoms with Crippen molar-refractivity contribution >= 4 is 5.91 Å². The van der Waals surface area contributed by atoms with Crippen LogP contribution in [-0.4, -0.2) is 17.4 Å². The third-order valence-electron chi connectivity index (χ3n) is 4.60. The van der Waals surface area contributed by atoms with Gasteiger partial charge in [0.25, 0.3) is 5.91 Å². The summed E-state index contributed by atoms with van der Waals surface area (Å²) in [5.41, 5.74) is 5.55. The topological polar surface area (TPSA) is 20.3 Å². The van der Waals surface area contributed by atoms with Gasteiger partial charge in [-0.25, -0.2) is 0 Å². The van der Waals surface area contributed by atoms with Gasteiger partial charge in [-0.05, 0) is 34.7 Å². The summed E-state index contributed by atoms with van der Waals surface area (Å²) in [6, 6.07) is 26.7. The van der Waals surface area contributed by atoms with Crippen LogP contribution in [0.5, 0.6) is 0 Å². The van der Waals surface area contributed by atoms with Gasteiger partial charge >= 0.3 is 0 Å². The lowest BCUT2D eigenvalue weighted by Gasteiger charge is -2.29. The standard InChI is InChI=1S/C22H19NO/c24-22-21-12-11-19(18-9-5-2-6-10-18)15-20(21)13-14-23(22)16-17-7-3-1-4-8-17/h1-12,15H,13-14,16H2. The highest BCUT2D eigenvalue weighted by Crippen LogP contribution is 2.26. The lowest BCUT2D eigenvalue weighted by Crippen LogP contribution is -2.37. The molecule has 0 N–H and O–H groups in total. The van der Waals surface area contributed by atoms with E-state index in [-0.39, 0.29) is 5.91 Å². The molecule has 0 bridgehead atoms. The van der Waals surface area contributed by atoms with Crippen LogP contribution in [0.25, 0.3) is 11.1 Å². The lowest BCUT2D eigenvalue weighted by molar-refractivity contribution is 0.0727. The van der Waals surface area contributed by atoms with E-state index in [1.54, 1.807) is 0 Å². The normalized spacial score (nSPS) is 13.7. The minimum absolute atomic E-state index is 0.139. The summed E-state index contributed by atoms with van der Waals surface area (Å²) in [5, 5.41) is 0. The fraction of sp³-hybridized carbons (Fsp3) is 0.136. The molecule has 0 saturated heterocycles. The molecule has 0 saturated carbocycles. The fourth-order valence-corrected chi connectivity index (χ4v) is 3.30. The molecule has 0 spiro atoms. The number of carbonyl (C=O) groups excluding carboxylic acids is 1. The highest BCUT2D eigenvalue weighted by molar-refractivity contribution is 5.97. The van der Waals surface area contributed by atoms with Crippen molar-refractivity contribution in [1.82, 2.24) is 4.90 Å². The second-order valence-corrected chi connectivity index (χ2v) is 6.20. The van der Waals surface area contributed by atoms with Gasteiger partial charge in [0.05, 0.1) is 0 Å². The van der Waals surface area contributed by atoms with Gasteiger partial charge < -0.3 is 4.90 Å². The van der Waals surface area contributed by atoms with Crippen molar-refractivity contribution in [2.75, 3.05) is 6.54 Å². The summed E-state index contributed by atoms with van der Waals surface area (Å²) in [7, 11) is 0. The van der Waals surface area contributed by atoms with E-state index in [1.807, 2.05) is 47.4 Å². The summed E-state index contributed by atoms with van der Waals surface area (Å²) >= 11 is 0. The largest absolute Gasteiger partial charge is 0.334 e. The van der Waals surface area contributed by atoms with Crippen LogP contribution in [0.15, 0.2) is 78.9 Å².